The number of hydrogen-bond acceptors (Lipinski definition) is 4. The fraction of sp³-hybridized carbons (Fsp3) is 0.462. The number of anilines is 1. The molecule has 0 heterocycles. The van der Waals surface area contributed by atoms with Crippen molar-refractivity contribution in [3.8, 4) is 5.75 Å². The smallest absolute Gasteiger partial charge is 0.422 e. The van der Waals surface area contributed by atoms with Gasteiger partial charge in [-0.2, -0.15) is 13.2 Å². The number of methoxy groups -OCH3 is 1. The molecule has 5 nitrogen and oxygen atoms in total. The molecule has 1 rings (SSSR count). The highest BCUT2D eigenvalue weighted by molar-refractivity contribution is 5.86. The lowest BCUT2D eigenvalue weighted by Crippen LogP contribution is -2.23. The quantitative estimate of drug-likeness (QED) is 0.909. The van der Waals surface area contributed by atoms with Gasteiger partial charge in [0.25, 0.3) is 0 Å². The highest BCUT2D eigenvalue weighted by atomic mass is 19.4. The van der Waals surface area contributed by atoms with Gasteiger partial charge in [0.2, 0.25) is 0 Å². The van der Waals surface area contributed by atoms with Crippen molar-refractivity contribution in [3.63, 3.8) is 0 Å². The summed E-state index contributed by atoms with van der Waals surface area (Å²) in [5, 5.41) is 2.24. The summed E-state index contributed by atoms with van der Waals surface area (Å²) in [7, 11) is 5.14. The van der Waals surface area contributed by atoms with E-state index in [-0.39, 0.29) is 5.69 Å². The van der Waals surface area contributed by atoms with Crippen LogP contribution in [0, 0.1) is 0 Å². The number of nitrogens with zero attached hydrogens (tertiary/aromatic N) is 1. The van der Waals surface area contributed by atoms with Crippen LogP contribution in [-0.2, 0) is 11.3 Å². The highest BCUT2D eigenvalue weighted by Crippen LogP contribution is 2.26. The van der Waals surface area contributed by atoms with Crippen LogP contribution in [0.25, 0.3) is 0 Å². The second-order valence-electron chi connectivity index (χ2n) is 4.59. The third-order valence-electron chi connectivity index (χ3n) is 2.37. The fourth-order valence-electron chi connectivity index (χ4n) is 1.61. The first-order valence-corrected chi connectivity index (χ1v) is 6.03. The number of carbonyl (C=O) groups is 1. The maximum atomic E-state index is 12.0. The number of halogens is 3. The predicted molar refractivity (Wildman–Crippen MR) is 71.4 cm³/mol. The SMILES string of the molecule is COc1ccc(CN(C)C)cc1NC(=O)OCC(F)(F)F. The molecule has 0 saturated heterocycles. The Morgan fingerprint density at radius 3 is 2.52 bits per heavy atom. The van der Waals surface area contributed by atoms with Gasteiger partial charge in [0.15, 0.2) is 6.61 Å². The van der Waals surface area contributed by atoms with E-state index < -0.39 is 18.9 Å². The van der Waals surface area contributed by atoms with Crippen molar-refractivity contribution in [3.05, 3.63) is 23.8 Å². The van der Waals surface area contributed by atoms with Crippen LogP contribution in [0.1, 0.15) is 5.56 Å². The Bertz CT molecular complexity index is 490. The molecule has 0 unspecified atom stereocenters. The molecule has 0 bridgehead atoms. The van der Waals surface area contributed by atoms with Crippen LogP contribution in [0.2, 0.25) is 0 Å². The molecular weight excluding hydrogens is 289 g/mol. The Kier molecular flexibility index (Phi) is 5.83. The van der Waals surface area contributed by atoms with E-state index in [0.717, 1.165) is 5.56 Å². The minimum atomic E-state index is -4.56. The third kappa shape index (κ3) is 6.35. The van der Waals surface area contributed by atoms with Crippen molar-refractivity contribution in [2.75, 3.05) is 33.1 Å². The number of nitrogens with one attached hydrogen (secondary N) is 1. The minimum absolute atomic E-state index is 0.254. The first kappa shape index (κ1) is 17.1. The minimum Gasteiger partial charge on any atom is -0.495 e. The van der Waals surface area contributed by atoms with Gasteiger partial charge in [-0.25, -0.2) is 4.79 Å². The van der Waals surface area contributed by atoms with Gasteiger partial charge in [0, 0.05) is 6.54 Å². The van der Waals surface area contributed by atoms with Crippen molar-refractivity contribution >= 4 is 11.8 Å². The molecule has 21 heavy (non-hydrogen) atoms. The number of benzene rings is 1. The number of hydrogen-bond donors (Lipinski definition) is 1. The van der Waals surface area contributed by atoms with Crippen molar-refractivity contribution in [2.45, 2.75) is 12.7 Å². The molecule has 1 aromatic rings. The molecule has 0 aliphatic rings. The Morgan fingerprint density at radius 1 is 1.33 bits per heavy atom. The van der Waals surface area contributed by atoms with Gasteiger partial charge >= 0.3 is 12.3 Å². The molecule has 0 aromatic heterocycles. The van der Waals surface area contributed by atoms with Crippen LogP contribution in [0.3, 0.4) is 0 Å². The number of carbonyl (C=O) groups excluding carboxylic acids is 1. The van der Waals surface area contributed by atoms with E-state index in [4.69, 9.17) is 4.74 Å². The van der Waals surface area contributed by atoms with Crippen LogP contribution in [0.15, 0.2) is 18.2 Å². The summed E-state index contributed by atoms with van der Waals surface area (Å²) < 4.78 is 45.1. The summed E-state index contributed by atoms with van der Waals surface area (Å²) in [6, 6.07) is 5.04. The molecule has 8 heteroatoms. The van der Waals surface area contributed by atoms with Gasteiger partial charge in [-0.15, -0.1) is 0 Å². The lowest BCUT2D eigenvalue weighted by atomic mass is 10.2. The third-order valence-corrected chi connectivity index (χ3v) is 2.37. The van der Waals surface area contributed by atoms with Crippen LogP contribution >= 0.6 is 0 Å². The topological polar surface area (TPSA) is 50.8 Å². The largest absolute Gasteiger partial charge is 0.495 e. The van der Waals surface area contributed by atoms with E-state index in [2.05, 4.69) is 10.1 Å². The second-order valence-corrected chi connectivity index (χ2v) is 4.59. The summed E-state index contributed by atoms with van der Waals surface area (Å²) in [6.45, 7) is -1.03. The summed E-state index contributed by atoms with van der Waals surface area (Å²) in [6.07, 6.45) is -5.75. The molecular formula is C13H17F3N2O3. The van der Waals surface area contributed by atoms with Gasteiger partial charge < -0.3 is 14.4 Å². The van der Waals surface area contributed by atoms with E-state index >= 15 is 0 Å². The molecule has 0 aliphatic heterocycles. The van der Waals surface area contributed by atoms with E-state index in [9.17, 15) is 18.0 Å². The second kappa shape index (κ2) is 7.16. The maximum absolute atomic E-state index is 12.0. The number of amides is 1. The van der Waals surface area contributed by atoms with E-state index in [1.165, 1.54) is 7.11 Å². The first-order chi connectivity index (χ1) is 9.71. The zero-order chi connectivity index (χ0) is 16.0. The monoisotopic (exact) mass is 306 g/mol. The zero-order valence-corrected chi connectivity index (χ0v) is 12.0. The molecule has 0 aliphatic carbocycles. The number of rotatable bonds is 5. The van der Waals surface area contributed by atoms with Crippen LogP contribution < -0.4 is 10.1 Å². The van der Waals surface area contributed by atoms with Crippen LogP contribution in [-0.4, -0.2) is 45.0 Å². The average Bonchev–Trinajstić information content (AvgIpc) is 2.35. The van der Waals surface area contributed by atoms with E-state index in [1.807, 2.05) is 19.0 Å². The molecule has 118 valence electrons. The molecule has 0 atom stereocenters. The molecule has 0 spiro atoms. The maximum Gasteiger partial charge on any atom is 0.422 e. The highest BCUT2D eigenvalue weighted by Gasteiger charge is 2.29. The lowest BCUT2D eigenvalue weighted by Gasteiger charge is -2.15. The summed E-state index contributed by atoms with van der Waals surface area (Å²) in [5.41, 5.74) is 1.12. The van der Waals surface area contributed by atoms with Crippen molar-refractivity contribution in [1.82, 2.24) is 4.90 Å². The zero-order valence-electron chi connectivity index (χ0n) is 12.0. The summed E-state index contributed by atoms with van der Waals surface area (Å²) >= 11 is 0. The Morgan fingerprint density at radius 2 is 2.00 bits per heavy atom. The lowest BCUT2D eigenvalue weighted by molar-refractivity contribution is -0.159. The first-order valence-electron chi connectivity index (χ1n) is 6.03. The van der Waals surface area contributed by atoms with E-state index in [1.54, 1.807) is 18.2 Å². The van der Waals surface area contributed by atoms with Crippen molar-refractivity contribution in [1.29, 1.82) is 0 Å². The average molecular weight is 306 g/mol. The Hall–Kier alpha value is -1.96. The Labute approximate surface area is 120 Å². The molecule has 0 radical (unpaired) electrons. The van der Waals surface area contributed by atoms with Gasteiger partial charge in [-0.05, 0) is 31.8 Å². The standard InChI is InChI=1S/C13H17F3N2O3/c1-18(2)7-9-4-5-11(20-3)10(6-9)17-12(19)21-8-13(14,15)16/h4-6H,7-8H2,1-3H3,(H,17,19). The summed E-state index contributed by atoms with van der Waals surface area (Å²) in [5.74, 6) is 0.335. The molecule has 0 fully saturated rings. The van der Waals surface area contributed by atoms with Crippen molar-refractivity contribution < 1.29 is 27.4 Å². The molecule has 0 saturated carbocycles. The number of ether oxygens (including phenoxy) is 2. The number of alkyl halides is 3. The Balaban J connectivity index is 2.77. The van der Waals surface area contributed by atoms with Gasteiger partial charge in [0.1, 0.15) is 5.75 Å². The molecule has 1 amide bonds. The van der Waals surface area contributed by atoms with Gasteiger partial charge in [-0.3, -0.25) is 5.32 Å². The van der Waals surface area contributed by atoms with Gasteiger partial charge in [0.05, 0.1) is 12.8 Å². The molecule has 1 N–H and O–H groups in total. The van der Waals surface area contributed by atoms with E-state index in [0.29, 0.717) is 12.3 Å². The normalized spacial score (nSPS) is 11.4. The summed E-state index contributed by atoms with van der Waals surface area (Å²) in [4.78, 5) is 13.3. The fourth-order valence-corrected chi connectivity index (χ4v) is 1.61. The van der Waals surface area contributed by atoms with Crippen LogP contribution in [0.5, 0.6) is 5.75 Å². The van der Waals surface area contributed by atoms with Crippen molar-refractivity contribution in [2.24, 2.45) is 0 Å². The van der Waals surface area contributed by atoms with Crippen LogP contribution in [0.4, 0.5) is 23.7 Å². The molecule has 1 aromatic carbocycles. The predicted octanol–water partition coefficient (Wildman–Crippen LogP) is 2.87. The van der Waals surface area contributed by atoms with Gasteiger partial charge in [-0.1, -0.05) is 6.07 Å².